The Labute approximate surface area is 111 Å². The van der Waals surface area contributed by atoms with Gasteiger partial charge in [0.1, 0.15) is 17.2 Å². The predicted molar refractivity (Wildman–Crippen MR) is 69.9 cm³/mol. The molecule has 1 aromatic heterocycles. The number of carboxylic acids is 1. The number of anilines is 1. The lowest BCUT2D eigenvalue weighted by atomic mass is 10.1. The van der Waals surface area contributed by atoms with Gasteiger partial charge >= 0.3 is 5.97 Å². The van der Waals surface area contributed by atoms with Crippen LogP contribution >= 0.6 is 0 Å². The molecule has 0 amide bonds. The van der Waals surface area contributed by atoms with Crippen LogP contribution in [0.15, 0.2) is 12.3 Å². The minimum absolute atomic E-state index is 0.154. The number of halogens is 1. The average Bonchev–Trinajstić information content (AvgIpc) is 2.34. The number of hydrogen-bond acceptors (Lipinski definition) is 4. The summed E-state index contributed by atoms with van der Waals surface area (Å²) >= 11 is 0. The van der Waals surface area contributed by atoms with Gasteiger partial charge in [0.05, 0.1) is 12.8 Å². The van der Waals surface area contributed by atoms with Gasteiger partial charge in [0.15, 0.2) is 0 Å². The lowest BCUT2D eigenvalue weighted by Gasteiger charge is -2.09. The topological polar surface area (TPSA) is 71.5 Å². The number of ether oxygens (including phenoxy) is 1. The molecule has 0 bridgehead atoms. The van der Waals surface area contributed by atoms with Gasteiger partial charge in [0, 0.05) is 13.2 Å². The molecule has 0 aliphatic rings. The summed E-state index contributed by atoms with van der Waals surface area (Å²) in [7, 11) is 0. The number of nitrogens with one attached hydrogen (secondary N) is 1. The molecule has 1 heterocycles. The first-order valence-corrected chi connectivity index (χ1v) is 6.21. The smallest absolute Gasteiger partial charge is 0.339 e. The summed E-state index contributed by atoms with van der Waals surface area (Å²) in [6.07, 6.45) is 1.96. The molecule has 1 aromatic rings. The van der Waals surface area contributed by atoms with Gasteiger partial charge in [-0.3, -0.25) is 0 Å². The zero-order chi connectivity index (χ0) is 14.3. The van der Waals surface area contributed by atoms with Crippen molar-refractivity contribution in [3.63, 3.8) is 0 Å². The van der Waals surface area contributed by atoms with Crippen molar-refractivity contribution in [1.82, 2.24) is 4.98 Å². The minimum atomic E-state index is -1.21. The molecule has 0 unspecified atom stereocenters. The van der Waals surface area contributed by atoms with E-state index in [1.54, 1.807) is 0 Å². The van der Waals surface area contributed by atoms with Crippen LogP contribution in [0.4, 0.5) is 10.2 Å². The van der Waals surface area contributed by atoms with Crippen molar-refractivity contribution in [2.45, 2.75) is 20.3 Å². The number of carboxylic acid groups (broad SMARTS) is 1. The van der Waals surface area contributed by atoms with E-state index >= 15 is 0 Å². The maximum absolute atomic E-state index is 12.9. The molecule has 0 atom stereocenters. The molecule has 0 aliphatic carbocycles. The Balaban J connectivity index is 2.39. The molecule has 0 saturated heterocycles. The molecule has 0 aromatic carbocycles. The van der Waals surface area contributed by atoms with E-state index in [0.29, 0.717) is 25.7 Å². The van der Waals surface area contributed by atoms with Gasteiger partial charge in [0.2, 0.25) is 0 Å². The predicted octanol–water partition coefficient (Wildman–Crippen LogP) is 2.39. The number of aromatic carboxylic acids is 1. The molecule has 0 aliphatic heterocycles. The number of pyridine rings is 1. The fourth-order valence-electron chi connectivity index (χ4n) is 1.41. The van der Waals surface area contributed by atoms with Gasteiger partial charge < -0.3 is 15.2 Å². The van der Waals surface area contributed by atoms with Crippen LogP contribution in [-0.2, 0) is 4.74 Å². The van der Waals surface area contributed by atoms with E-state index in [4.69, 9.17) is 9.84 Å². The quantitative estimate of drug-likeness (QED) is 0.710. The lowest BCUT2D eigenvalue weighted by molar-refractivity contribution is 0.0696. The SMILES string of the molecule is CC(C)CCOCCNc1ncc(F)cc1C(=O)O. The van der Waals surface area contributed by atoms with Gasteiger partial charge in [-0.05, 0) is 18.4 Å². The number of aromatic nitrogens is 1. The molecule has 0 saturated carbocycles. The highest BCUT2D eigenvalue weighted by atomic mass is 19.1. The van der Waals surface area contributed by atoms with E-state index in [-0.39, 0.29) is 11.4 Å². The third kappa shape index (κ3) is 5.65. The summed E-state index contributed by atoms with van der Waals surface area (Å²) in [5.41, 5.74) is -0.179. The molecule has 0 fully saturated rings. The summed E-state index contributed by atoms with van der Waals surface area (Å²) in [4.78, 5) is 14.6. The minimum Gasteiger partial charge on any atom is -0.478 e. The first-order valence-electron chi connectivity index (χ1n) is 6.21. The van der Waals surface area contributed by atoms with Crippen molar-refractivity contribution in [3.05, 3.63) is 23.6 Å². The Bertz CT molecular complexity index is 424. The molecule has 5 nitrogen and oxygen atoms in total. The molecule has 6 heteroatoms. The summed E-state index contributed by atoms with van der Waals surface area (Å²) in [6.45, 7) is 5.77. The van der Waals surface area contributed by atoms with E-state index in [2.05, 4.69) is 24.1 Å². The molecular formula is C13H19FN2O3. The number of hydrogen-bond donors (Lipinski definition) is 2. The van der Waals surface area contributed by atoms with Crippen molar-refractivity contribution >= 4 is 11.8 Å². The third-order valence-electron chi connectivity index (χ3n) is 2.46. The molecule has 19 heavy (non-hydrogen) atoms. The Morgan fingerprint density at radius 2 is 2.26 bits per heavy atom. The van der Waals surface area contributed by atoms with Crippen LogP contribution in [-0.4, -0.2) is 35.8 Å². The highest BCUT2D eigenvalue weighted by molar-refractivity contribution is 5.93. The Morgan fingerprint density at radius 3 is 2.89 bits per heavy atom. The highest BCUT2D eigenvalue weighted by Crippen LogP contribution is 2.13. The molecule has 2 N–H and O–H groups in total. The van der Waals surface area contributed by atoms with Crippen molar-refractivity contribution < 1.29 is 19.0 Å². The fourth-order valence-corrected chi connectivity index (χ4v) is 1.41. The lowest BCUT2D eigenvalue weighted by Crippen LogP contribution is -2.14. The van der Waals surface area contributed by atoms with Crippen LogP contribution in [0, 0.1) is 11.7 Å². The highest BCUT2D eigenvalue weighted by Gasteiger charge is 2.12. The molecule has 0 radical (unpaired) electrons. The first-order chi connectivity index (χ1) is 9.00. The van der Waals surface area contributed by atoms with Gasteiger partial charge in [-0.2, -0.15) is 0 Å². The molecule has 1 rings (SSSR count). The van der Waals surface area contributed by atoms with E-state index in [1.165, 1.54) is 0 Å². The van der Waals surface area contributed by atoms with Gasteiger partial charge in [0.25, 0.3) is 0 Å². The van der Waals surface area contributed by atoms with Crippen molar-refractivity contribution in [1.29, 1.82) is 0 Å². The Morgan fingerprint density at radius 1 is 1.53 bits per heavy atom. The van der Waals surface area contributed by atoms with Crippen molar-refractivity contribution in [2.24, 2.45) is 5.92 Å². The second-order valence-electron chi connectivity index (χ2n) is 4.58. The number of rotatable bonds is 8. The number of nitrogens with zero attached hydrogens (tertiary/aromatic N) is 1. The second kappa shape index (κ2) is 7.68. The third-order valence-corrected chi connectivity index (χ3v) is 2.46. The van der Waals surface area contributed by atoms with Crippen LogP contribution in [0.1, 0.15) is 30.6 Å². The monoisotopic (exact) mass is 270 g/mol. The van der Waals surface area contributed by atoms with Gasteiger partial charge in [-0.1, -0.05) is 13.8 Å². The maximum Gasteiger partial charge on any atom is 0.339 e. The summed E-state index contributed by atoms with van der Waals surface area (Å²) in [6, 6.07) is 0.942. The largest absolute Gasteiger partial charge is 0.478 e. The first kappa shape index (κ1) is 15.4. The van der Waals surface area contributed by atoms with Crippen molar-refractivity contribution in [2.75, 3.05) is 25.1 Å². The summed E-state index contributed by atoms with van der Waals surface area (Å²) in [5, 5.41) is 11.7. The van der Waals surface area contributed by atoms with Crippen LogP contribution < -0.4 is 5.32 Å². The summed E-state index contributed by atoms with van der Waals surface area (Å²) in [5.74, 6) is -1.14. The van der Waals surface area contributed by atoms with E-state index in [1.807, 2.05) is 0 Å². The van der Waals surface area contributed by atoms with Crippen molar-refractivity contribution in [3.8, 4) is 0 Å². The molecule has 106 valence electrons. The normalized spacial score (nSPS) is 10.7. The Hall–Kier alpha value is -1.69. The molecular weight excluding hydrogens is 251 g/mol. The van der Waals surface area contributed by atoms with E-state index in [0.717, 1.165) is 18.7 Å². The zero-order valence-electron chi connectivity index (χ0n) is 11.1. The fraction of sp³-hybridized carbons (Fsp3) is 0.538. The van der Waals surface area contributed by atoms with Crippen LogP contribution in [0.3, 0.4) is 0 Å². The van der Waals surface area contributed by atoms with Gasteiger partial charge in [-0.25, -0.2) is 14.2 Å². The maximum atomic E-state index is 12.9. The average molecular weight is 270 g/mol. The van der Waals surface area contributed by atoms with Crippen LogP contribution in [0.2, 0.25) is 0 Å². The Kier molecular flexibility index (Phi) is 6.21. The standard InChI is InChI=1S/C13H19FN2O3/c1-9(2)3-5-19-6-4-15-12-11(13(17)18)7-10(14)8-16-12/h7-9H,3-6H2,1-2H3,(H,15,16)(H,17,18). The van der Waals surface area contributed by atoms with Crippen LogP contribution in [0.25, 0.3) is 0 Å². The zero-order valence-corrected chi connectivity index (χ0v) is 11.1. The van der Waals surface area contributed by atoms with Crippen LogP contribution in [0.5, 0.6) is 0 Å². The number of carbonyl (C=O) groups is 1. The second-order valence-corrected chi connectivity index (χ2v) is 4.58. The van der Waals surface area contributed by atoms with Gasteiger partial charge in [-0.15, -0.1) is 0 Å². The molecule has 0 spiro atoms. The van der Waals surface area contributed by atoms with E-state index in [9.17, 15) is 9.18 Å². The van der Waals surface area contributed by atoms with E-state index < -0.39 is 11.8 Å². The summed E-state index contributed by atoms with van der Waals surface area (Å²) < 4.78 is 18.3.